The van der Waals surface area contributed by atoms with Gasteiger partial charge in [-0.2, -0.15) is 13.2 Å². The molecule has 0 bridgehead atoms. The minimum Gasteiger partial charge on any atom is -0.488 e. The quantitative estimate of drug-likeness (QED) is 0.320. The molecule has 0 saturated heterocycles. The summed E-state index contributed by atoms with van der Waals surface area (Å²) >= 11 is 0. The fourth-order valence-corrected chi connectivity index (χ4v) is 3.67. The number of aromatic nitrogens is 2. The van der Waals surface area contributed by atoms with Crippen LogP contribution in [0.5, 0.6) is 5.75 Å². The number of aromatic amines is 1. The Labute approximate surface area is 211 Å². The van der Waals surface area contributed by atoms with Crippen molar-refractivity contribution in [1.82, 2.24) is 9.97 Å². The number of urea groups is 1. The number of rotatable bonds is 8. The summed E-state index contributed by atoms with van der Waals surface area (Å²) in [6, 6.07) is 6.12. The van der Waals surface area contributed by atoms with Crippen molar-refractivity contribution in [2.75, 3.05) is 23.8 Å². The van der Waals surface area contributed by atoms with Gasteiger partial charge in [-0.05, 0) is 61.1 Å². The van der Waals surface area contributed by atoms with Crippen LogP contribution in [0.3, 0.4) is 0 Å². The number of anilines is 2. The summed E-state index contributed by atoms with van der Waals surface area (Å²) < 4.78 is 46.4. The third-order valence-electron chi connectivity index (χ3n) is 5.58. The van der Waals surface area contributed by atoms with Gasteiger partial charge in [0.15, 0.2) is 5.75 Å². The number of benzene rings is 1. The van der Waals surface area contributed by atoms with Crippen molar-refractivity contribution in [3.63, 3.8) is 0 Å². The second-order valence-corrected chi connectivity index (χ2v) is 9.35. The van der Waals surface area contributed by atoms with Crippen LogP contribution in [-0.4, -0.2) is 34.3 Å². The first-order valence-electron chi connectivity index (χ1n) is 11.5. The molecule has 0 aliphatic carbocycles. The first-order valence-corrected chi connectivity index (χ1v) is 11.5. The number of H-pyrrole nitrogens is 1. The lowest BCUT2D eigenvalue weighted by Gasteiger charge is -2.24. The van der Waals surface area contributed by atoms with Gasteiger partial charge in [0.05, 0.1) is 12.2 Å². The summed E-state index contributed by atoms with van der Waals surface area (Å²) in [5, 5.41) is 14.4. The van der Waals surface area contributed by atoms with Crippen LogP contribution < -0.4 is 20.9 Å². The molecule has 0 saturated carbocycles. The Morgan fingerprint density at radius 1 is 1.14 bits per heavy atom. The summed E-state index contributed by atoms with van der Waals surface area (Å²) in [4.78, 5) is 31.2. The van der Waals surface area contributed by atoms with Gasteiger partial charge in [0, 0.05) is 35.8 Å². The van der Waals surface area contributed by atoms with Gasteiger partial charge in [0.25, 0.3) is 5.56 Å². The molecule has 2 amide bonds. The third-order valence-corrected chi connectivity index (χ3v) is 5.58. The molecule has 1 aromatic carbocycles. The van der Waals surface area contributed by atoms with Gasteiger partial charge < -0.3 is 20.1 Å². The van der Waals surface area contributed by atoms with Crippen LogP contribution in [0, 0.1) is 12.3 Å². The fourth-order valence-electron chi connectivity index (χ4n) is 3.67. The molecule has 8 nitrogen and oxygen atoms in total. The van der Waals surface area contributed by atoms with Crippen molar-refractivity contribution < 1.29 is 27.8 Å². The van der Waals surface area contributed by atoms with Crippen LogP contribution in [0.15, 0.2) is 47.5 Å². The predicted molar refractivity (Wildman–Crippen MR) is 135 cm³/mol. The van der Waals surface area contributed by atoms with E-state index < -0.39 is 23.2 Å². The Kier molecular flexibility index (Phi) is 8.27. The number of aliphatic hydroxyl groups excluding tert-OH is 1. The number of alkyl halides is 3. The van der Waals surface area contributed by atoms with Gasteiger partial charge in [-0.15, -0.1) is 0 Å². The van der Waals surface area contributed by atoms with Crippen LogP contribution in [0.1, 0.15) is 37.5 Å². The summed E-state index contributed by atoms with van der Waals surface area (Å²) in [6.45, 7) is 6.87. The topological polar surface area (TPSA) is 116 Å². The molecule has 0 aliphatic rings. The van der Waals surface area contributed by atoms with Gasteiger partial charge >= 0.3 is 12.2 Å². The van der Waals surface area contributed by atoms with E-state index in [4.69, 9.17) is 4.74 Å². The average Bonchev–Trinajstić information content (AvgIpc) is 2.82. The van der Waals surface area contributed by atoms with Crippen LogP contribution in [0.2, 0.25) is 0 Å². The highest BCUT2D eigenvalue weighted by atomic mass is 19.4. The Morgan fingerprint density at radius 2 is 1.86 bits per heavy atom. The zero-order chi connectivity index (χ0) is 27.4. The molecule has 0 atom stereocenters. The molecule has 4 N–H and O–H groups in total. The van der Waals surface area contributed by atoms with Gasteiger partial charge in [-0.25, -0.2) is 9.78 Å². The highest BCUT2D eigenvalue weighted by molar-refractivity contribution is 5.99. The zero-order valence-electron chi connectivity index (χ0n) is 20.9. The van der Waals surface area contributed by atoms with Crippen LogP contribution in [0.25, 0.3) is 11.1 Å². The molecular weight excluding hydrogens is 489 g/mol. The van der Waals surface area contributed by atoms with Crippen molar-refractivity contribution in [2.24, 2.45) is 5.41 Å². The number of hydrogen-bond acceptors (Lipinski definition) is 5. The molecule has 0 spiro atoms. The summed E-state index contributed by atoms with van der Waals surface area (Å²) in [5.41, 5.74) is -0.0740. The van der Waals surface area contributed by atoms with E-state index in [1.165, 1.54) is 24.5 Å². The van der Waals surface area contributed by atoms with E-state index >= 15 is 0 Å². The van der Waals surface area contributed by atoms with E-state index in [1.807, 2.05) is 0 Å². The number of carbonyl (C=O) groups is 1. The minimum atomic E-state index is -4.63. The van der Waals surface area contributed by atoms with Crippen molar-refractivity contribution in [1.29, 1.82) is 0 Å². The highest BCUT2D eigenvalue weighted by Crippen LogP contribution is 2.36. The van der Waals surface area contributed by atoms with Crippen molar-refractivity contribution >= 4 is 17.5 Å². The van der Waals surface area contributed by atoms with Crippen LogP contribution in [-0.2, 0) is 12.6 Å². The maximum atomic E-state index is 13.7. The van der Waals surface area contributed by atoms with E-state index in [9.17, 15) is 27.9 Å². The third kappa shape index (κ3) is 7.10. The number of aliphatic hydroxyl groups is 1. The Bertz CT molecular complexity index is 1340. The second kappa shape index (κ2) is 11.0. The van der Waals surface area contributed by atoms with Gasteiger partial charge in [0.2, 0.25) is 0 Å². The van der Waals surface area contributed by atoms with Crippen LogP contribution >= 0.6 is 0 Å². The molecule has 0 fully saturated rings. The standard InChI is InChI=1S/C26H29F3N4O4/c1-5-37-21-9-18(13-31-23(21)35)17-8-15(2)22(30-12-17)33-24(36)32-19-7-6-16(11-25(3,4)14-34)20(10-19)26(27,28)29/h6-10,12-13,34H,5,11,14H2,1-4H3,(H,31,35)(H2,30,32,33,36). The van der Waals surface area contributed by atoms with Crippen molar-refractivity contribution in [3.8, 4) is 16.9 Å². The average molecular weight is 519 g/mol. The minimum absolute atomic E-state index is 0.0155. The van der Waals surface area contributed by atoms with Gasteiger partial charge in [-0.1, -0.05) is 19.9 Å². The van der Waals surface area contributed by atoms with Gasteiger partial charge in [0.1, 0.15) is 5.82 Å². The number of pyridine rings is 2. The molecule has 0 unspecified atom stereocenters. The molecule has 11 heteroatoms. The van der Waals surface area contributed by atoms with E-state index in [0.717, 1.165) is 6.07 Å². The number of ether oxygens (including phenoxy) is 1. The molecule has 3 aromatic rings. The maximum Gasteiger partial charge on any atom is 0.416 e. The van der Waals surface area contributed by atoms with Gasteiger partial charge in [-0.3, -0.25) is 10.1 Å². The number of nitrogens with zero attached hydrogens (tertiary/aromatic N) is 1. The Hall–Kier alpha value is -3.86. The summed E-state index contributed by atoms with van der Waals surface area (Å²) in [6.07, 6.45) is -1.61. The lowest BCUT2D eigenvalue weighted by molar-refractivity contribution is -0.138. The zero-order valence-corrected chi connectivity index (χ0v) is 20.9. The van der Waals surface area contributed by atoms with Crippen molar-refractivity contribution in [2.45, 2.75) is 40.3 Å². The first-order chi connectivity index (χ1) is 17.3. The second-order valence-electron chi connectivity index (χ2n) is 9.35. The summed E-state index contributed by atoms with van der Waals surface area (Å²) in [7, 11) is 0. The molecule has 37 heavy (non-hydrogen) atoms. The molecule has 2 heterocycles. The fraction of sp³-hybridized carbons (Fsp3) is 0.346. The smallest absolute Gasteiger partial charge is 0.416 e. The Morgan fingerprint density at radius 3 is 2.49 bits per heavy atom. The first kappa shape index (κ1) is 27.7. The largest absolute Gasteiger partial charge is 0.488 e. The van der Waals surface area contributed by atoms with E-state index in [2.05, 4.69) is 20.6 Å². The van der Waals surface area contributed by atoms with Crippen molar-refractivity contribution in [3.05, 3.63) is 69.8 Å². The monoisotopic (exact) mass is 518 g/mol. The molecule has 0 radical (unpaired) electrons. The molecule has 3 rings (SSSR count). The SMILES string of the molecule is CCOc1cc(-c2cnc(NC(=O)Nc3ccc(CC(C)(C)CO)c(C(F)(F)F)c3)c(C)c2)c[nH]c1=O. The molecular formula is C26H29F3N4O4. The molecule has 2 aromatic heterocycles. The van der Waals surface area contributed by atoms with Crippen LogP contribution in [0.4, 0.5) is 29.5 Å². The molecule has 198 valence electrons. The Balaban J connectivity index is 1.77. The maximum absolute atomic E-state index is 13.7. The van der Waals surface area contributed by atoms with E-state index in [1.54, 1.807) is 39.8 Å². The highest BCUT2D eigenvalue weighted by Gasteiger charge is 2.35. The number of halogens is 3. The number of carbonyl (C=O) groups excluding carboxylic acids is 1. The number of nitrogens with one attached hydrogen (secondary N) is 3. The summed E-state index contributed by atoms with van der Waals surface area (Å²) in [5.74, 6) is 0.386. The lowest BCUT2D eigenvalue weighted by atomic mass is 9.85. The molecule has 0 aliphatic heterocycles. The van der Waals surface area contributed by atoms with E-state index in [-0.39, 0.29) is 41.4 Å². The number of aryl methyl sites for hydroxylation is 1. The van der Waals surface area contributed by atoms with E-state index in [0.29, 0.717) is 23.3 Å². The number of amides is 2. The lowest BCUT2D eigenvalue weighted by Crippen LogP contribution is -2.23. The normalized spacial score (nSPS) is 11.8. The number of hydrogen-bond donors (Lipinski definition) is 4. The predicted octanol–water partition coefficient (Wildman–Crippen LogP) is 5.37.